The second kappa shape index (κ2) is 9.44. The molecule has 168 valence electrons. The summed E-state index contributed by atoms with van der Waals surface area (Å²) >= 11 is 1.31. The lowest BCUT2D eigenvalue weighted by atomic mass is 10.2. The average Bonchev–Trinajstić information content (AvgIpc) is 3.41. The molecule has 12 heteroatoms. The zero-order valence-electron chi connectivity index (χ0n) is 17.0. The molecule has 33 heavy (non-hydrogen) atoms. The number of non-ortho nitro benzene ring substituents is 1. The van der Waals surface area contributed by atoms with E-state index in [1.54, 1.807) is 35.8 Å². The van der Waals surface area contributed by atoms with Crippen LogP contribution < -0.4 is 16.4 Å². The first-order chi connectivity index (χ1) is 15.9. The van der Waals surface area contributed by atoms with Gasteiger partial charge in [-0.05, 0) is 36.8 Å². The van der Waals surface area contributed by atoms with Gasteiger partial charge >= 0.3 is 5.76 Å². The van der Waals surface area contributed by atoms with Crippen molar-refractivity contribution in [3.63, 3.8) is 0 Å². The first-order valence-electron chi connectivity index (χ1n) is 9.79. The molecule has 2 aromatic heterocycles. The van der Waals surface area contributed by atoms with Crippen molar-refractivity contribution in [3.8, 4) is 0 Å². The number of carbonyl (C=O) groups is 2. The molecule has 11 nitrogen and oxygen atoms in total. The molecule has 2 amide bonds. The minimum Gasteiger partial charge on any atom is -0.407 e. The second-order valence-electron chi connectivity index (χ2n) is 6.95. The highest BCUT2D eigenvalue weighted by molar-refractivity contribution is 7.13. The number of aryl methyl sites for hydroxylation is 1. The molecule has 2 aromatic carbocycles. The molecule has 0 saturated carbocycles. The largest absolute Gasteiger partial charge is 0.419 e. The zero-order valence-corrected chi connectivity index (χ0v) is 17.8. The lowest BCUT2D eigenvalue weighted by molar-refractivity contribution is -0.384. The van der Waals surface area contributed by atoms with E-state index >= 15 is 0 Å². The van der Waals surface area contributed by atoms with Crippen molar-refractivity contribution in [1.29, 1.82) is 0 Å². The molecule has 4 aromatic rings. The normalized spacial score (nSPS) is 10.8. The van der Waals surface area contributed by atoms with Gasteiger partial charge in [0.25, 0.3) is 11.6 Å². The Morgan fingerprint density at radius 2 is 1.94 bits per heavy atom. The second-order valence-corrected chi connectivity index (χ2v) is 7.84. The van der Waals surface area contributed by atoms with Crippen LogP contribution >= 0.6 is 11.3 Å². The Morgan fingerprint density at radius 1 is 1.15 bits per heavy atom. The molecule has 0 bridgehead atoms. The van der Waals surface area contributed by atoms with Crippen LogP contribution in [0.4, 0.5) is 16.5 Å². The number of nitro benzene ring substituents is 1. The fourth-order valence-electron chi connectivity index (χ4n) is 3.16. The molecule has 2 N–H and O–H groups in total. The lowest BCUT2D eigenvalue weighted by Gasteiger charge is -2.07. The molecule has 0 saturated heterocycles. The molecule has 0 aliphatic rings. The van der Waals surface area contributed by atoms with Gasteiger partial charge < -0.3 is 9.73 Å². The molecule has 0 radical (unpaired) electrons. The summed E-state index contributed by atoms with van der Waals surface area (Å²) in [7, 11) is 0. The standard InChI is InChI=1S/C21H17N5O6S/c27-18(23-14-5-3-13(4-6-14)19(28)24-20-22-9-11-33-20)2-1-10-25-16-8-7-15(26(30)31)12-17(16)32-21(25)29/h3-9,11-12H,1-2,10H2,(H,23,27)(H,22,24,28). The van der Waals surface area contributed by atoms with Crippen LogP contribution in [0.15, 0.2) is 63.3 Å². The van der Waals surface area contributed by atoms with Gasteiger partial charge in [0.2, 0.25) is 5.91 Å². The van der Waals surface area contributed by atoms with Gasteiger partial charge in [0.05, 0.1) is 16.5 Å². The van der Waals surface area contributed by atoms with Crippen LogP contribution in [0.1, 0.15) is 23.2 Å². The van der Waals surface area contributed by atoms with E-state index in [0.29, 0.717) is 28.3 Å². The highest BCUT2D eigenvalue weighted by Crippen LogP contribution is 2.20. The minimum atomic E-state index is -0.641. The van der Waals surface area contributed by atoms with E-state index in [2.05, 4.69) is 15.6 Å². The topological polar surface area (TPSA) is 149 Å². The molecule has 0 spiro atoms. The molecule has 4 rings (SSSR count). The van der Waals surface area contributed by atoms with Crippen molar-refractivity contribution in [1.82, 2.24) is 9.55 Å². The third-order valence-electron chi connectivity index (χ3n) is 4.73. The Hall–Kier alpha value is -4.32. The summed E-state index contributed by atoms with van der Waals surface area (Å²) in [6, 6.07) is 10.4. The minimum absolute atomic E-state index is 0.123. The molecule has 0 unspecified atom stereocenters. The smallest absolute Gasteiger partial charge is 0.407 e. The van der Waals surface area contributed by atoms with E-state index in [9.17, 15) is 24.5 Å². The zero-order chi connectivity index (χ0) is 23.4. The number of anilines is 2. The van der Waals surface area contributed by atoms with E-state index in [1.165, 1.54) is 34.1 Å². The summed E-state index contributed by atoms with van der Waals surface area (Å²) in [6.45, 7) is 0.215. The summed E-state index contributed by atoms with van der Waals surface area (Å²) < 4.78 is 6.41. The van der Waals surface area contributed by atoms with Gasteiger partial charge in [-0.1, -0.05) is 0 Å². The SMILES string of the molecule is O=C(CCCn1c(=O)oc2cc([N+](=O)[O-])ccc21)Nc1ccc(C(=O)Nc2nccs2)cc1. The summed E-state index contributed by atoms with van der Waals surface area (Å²) in [5.41, 5.74) is 1.34. The number of hydrogen-bond acceptors (Lipinski definition) is 8. The number of nitro groups is 1. The van der Waals surface area contributed by atoms with Gasteiger partial charge in [0, 0.05) is 41.9 Å². The Kier molecular flexibility index (Phi) is 6.26. The summed E-state index contributed by atoms with van der Waals surface area (Å²) in [5.74, 6) is -1.20. The van der Waals surface area contributed by atoms with Crippen molar-refractivity contribution in [2.24, 2.45) is 0 Å². The highest BCUT2D eigenvalue weighted by Gasteiger charge is 2.14. The summed E-state index contributed by atoms with van der Waals surface area (Å²) in [4.78, 5) is 50.8. The van der Waals surface area contributed by atoms with Crippen molar-refractivity contribution in [2.45, 2.75) is 19.4 Å². The third-order valence-corrected chi connectivity index (χ3v) is 5.42. The van der Waals surface area contributed by atoms with Crippen molar-refractivity contribution in [3.05, 3.63) is 80.3 Å². The molecule has 0 aliphatic carbocycles. The number of oxazole rings is 1. The number of rotatable bonds is 8. The maximum Gasteiger partial charge on any atom is 0.419 e. The van der Waals surface area contributed by atoms with Gasteiger partial charge in [0.15, 0.2) is 10.7 Å². The van der Waals surface area contributed by atoms with Crippen molar-refractivity contribution >= 4 is 50.8 Å². The Balaban J connectivity index is 1.31. The first-order valence-corrected chi connectivity index (χ1v) is 10.7. The van der Waals surface area contributed by atoms with Crippen LogP contribution in [-0.2, 0) is 11.3 Å². The maximum atomic E-state index is 12.3. The molecule has 0 aliphatic heterocycles. The highest BCUT2D eigenvalue weighted by atomic mass is 32.1. The van der Waals surface area contributed by atoms with E-state index in [1.807, 2.05) is 0 Å². The quantitative estimate of drug-likeness (QED) is 0.297. The molecule has 0 fully saturated rings. The molecular weight excluding hydrogens is 450 g/mol. The molecule has 0 atom stereocenters. The van der Waals surface area contributed by atoms with Crippen LogP contribution in [0.25, 0.3) is 11.1 Å². The maximum absolute atomic E-state index is 12.3. The van der Waals surface area contributed by atoms with Gasteiger partial charge in [-0.15, -0.1) is 11.3 Å². The van der Waals surface area contributed by atoms with Gasteiger partial charge in [0.1, 0.15) is 0 Å². The Morgan fingerprint density at radius 3 is 2.64 bits per heavy atom. The number of nitrogens with one attached hydrogen (secondary N) is 2. The van der Waals surface area contributed by atoms with Crippen LogP contribution in [-0.4, -0.2) is 26.3 Å². The molecule has 2 heterocycles. The fourth-order valence-corrected chi connectivity index (χ4v) is 3.68. The average molecular weight is 467 g/mol. The van der Waals surface area contributed by atoms with E-state index in [4.69, 9.17) is 4.42 Å². The van der Waals surface area contributed by atoms with Crippen LogP contribution in [0.5, 0.6) is 0 Å². The lowest BCUT2D eigenvalue weighted by Crippen LogP contribution is -2.17. The van der Waals surface area contributed by atoms with Crippen LogP contribution in [0.3, 0.4) is 0 Å². The number of nitrogens with zero attached hydrogens (tertiary/aromatic N) is 3. The van der Waals surface area contributed by atoms with Gasteiger partial charge in [-0.2, -0.15) is 0 Å². The number of aromatic nitrogens is 2. The monoisotopic (exact) mass is 467 g/mol. The molecular formula is C21H17N5O6S. The number of benzene rings is 2. The predicted molar refractivity (Wildman–Crippen MR) is 122 cm³/mol. The number of thiazole rings is 1. The van der Waals surface area contributed by atoms with E-state index in [0.717, 1.165) is 0 Å². The van der Waals surface area contributed by atoms with E-state index < -0.39 is 10.7 Å². The van der Waals surface area contributed by atoms with Gasteiger partial charge in [-0.3, -0.25) is 29.6 Å². The third kappa shape index (κ3) is 5.13. The van der Waals surface area contributed by atoms with Crippen molar-refractivity contribution in [2.75, 3.05) is 10.6 Å². The Bertz CT molecular complexity index is 1370. The Labute approximate surface area is 189 Å². The predicted octanol–water partition coefficient (Wildman–Crippen LogP) is 3.63. The first kappa shape index (κ1) is 21.9. The number of amides is 2. The summed E-state index contributed by atoms with van der Waals surface area (Å²) in [6.07, 6.45) is 2.08. The van der Waals surface area contributed by atoms with Crippen LogP contribution in [0.2, 0.25) is 0 Å². The van der Waals surface area contributed by atoms with Gasteiger partial charge in [-0.25, -0.2) is 9.78 Å². The van der Waals surface area contributed by atoms with E-state index in [-0.39, 0.29) is 36.1 Å². The number of carbonyl (C=O) groups excluding carboxylic acids is 2. The van der Waals surface area contributed by atoms with Crippen molar-refractivity contribution < 1.29 is 18.9 Å². The van der Waals surface area contributed by atoms with Crippen LogP contribution in [0, 0.1) is 10.1 Å². The summed E-state index contributed by atoms with van der Waals surface area (Å²) in [5, 5.41) is 18.5. The number of hydrogen-bond donors (Lipinski definition) is 2. The number of fused-ring (bicyclic) bond motifs is 1. The fraction of sp³-hybridized carbons (Fsp3) is 0.143.